The van der Waals surface area contributed by atoms with Gasteiger partial charge in [-0.25, -0.2) is 18.2 Å². The van der Waals surface area contributed by atoms with E-state index in [0.717, 1.165) is 26.8 Å². The molecule has 1 aromatic carbocycles. The van der Waals surface area contributed by atoms with Gasteiger partial charge in [-0.2, -0.15) is 4.31 Å². The number of aromatic carboxylic acids is 1. The smallest absolute Gasteiger partial charge is 0.356 e. The van der Waals surface area contributed by atoms with E-state index in [2.05, 4.69) is 4.98 Å². The molecule has 1 N–H and O–H groups in total. The number of benzene rings is 1. The summed E-state index contributed by atoms with van der Waals surface area (Å²) in [6.45, 7) is 2.11. The normalized spacial score (nSPS) is 11.8. The fourth-order valence-electron chi connectivity index (χ4n) is 1.74. The Hall–Kier alpha value is -1.77. The van der Waals surface area contributed by atoms with E-state index in [1.807, 2.05) is 31.2 Å². The molecule has 0 unspecified atom stereocenters. The van der Waals surface area contributed by atoms with Crippen molar-refractivity contribution in [2.75, 3.05) is 7.05 Å². The van der Waals surface area contributed by atoms with E-state index in [1.165, 1.54) is 12.6 Å². The molecule has 8 heteroatoms. The molecule has 0 aliphatic heterocycles. The lowest BCUT2D eigenvalue weighted by molar-refractivity contribution is 0.0687. The Labute approximate surface area is 126 Å². The number of thiazole rings is 1. The van der Waals surface area contributed by atoms with Crippen LogP contribution in [0.1, 0.15) is 21.6 Å². The molecule has 0 radical (unpaired) electrons. The maximum absolute atomic E-state index is 12.4. The van der Waals surface area contributed by atoms with E-state index in [-0.39, 0.29) is 10.8 Å². The third-order valence-electron chi connectivity index (χ3n) is 2.91. The summed E-state index contributed by atoms with van der Waals surface area (Å²) in [5, 5.41) is 8.98. The molecule has 0 saturated heterocycles. The lowest BCUT2D eigenvalue weighted by atomic mass is 10.1. The Morgan fingerprint density at radius 2 is 1.95 bits per heavy atom. The average Bonchev–Trinajstić information content (AvgIpc) is 2.91. The molecule has 0 amide bonds. The van der Waals surface area contributed by atoms with Gasteiger partial charge in [0.1, 0.15) is 0 Å². The number of hydrogen-bond acceptors (Lipinski definition) is 5. The molecule has 6 nitrogen and oxygen atoms in total. The zero-order valence-corrected chi connectivity index (χ0v) is 13.1. The van der Waals surface area contributed by atoms with Gasteiger partial charge in [-0.15, -0.1) is 11.3 Å². The number of rotatable bonds is 5. The first-order valence-corrected chi connectivity index (χ1v) is 8.33. The Morgan fingerprint density at radius 3 is 2.52 bits per heavy atom. The minimum atomic E-state index is -3.87. The van der Waals surface area contributed by atoms with Crippen LogP contribution < -0.4 is 0 Å². The van der Waals surface area contributed by atoms with Crippen LogP contribution in [0.25, 0.3) is 0 Å². The van der Waals surface area contributed by atoms with Gasteiger partial charge in [0.05, 0.1) is 5.51 Å². The number of carbonyl (C=O) groups is 1. The third-order valence-corrected chi connectivity index (χ3v) is 6.06. The fraction of sp³-hybridized carbons (Fsp3) is 0.231. The average molecular weight is 326 g/mol. The van der Waals surface area contributed by atoms with Crippen LogP contribution in [0.5, 0.6) is 0 Å². The number of aryl methyl sites for hydroxylation is 1. The molecule has 0 aliphatic carbocycles. The van der Waals surface area contributed by atoms with Crippen molar-refractivity contribution in [2.24, 2.45) is 0 Å². The zero-order chi connectivity index (χ0) is 15.6. The second-order valence-corrected chi connectivity index (χ2v) is 7.64. The molecule has 2 aromatic rings. The Balaban J connectivity index is 2.28. The summed E-state index contributed by atoms with van der Waals surface area (Å²) >= 11 is 0.805. The first-order valence-electron chi connectivity index (χ1n) is 6.01. The molecule has 1 aromatic heterocycles. The Morgan fingerprint density at radius 1 is 1.33 bits per heavy atom. The number of carboxylic acid groups (broad SMARTS) is 1. The Bertz CT molecular complexity index is 751. The van der Waals surface area contributed by atoms with Crippen molar-refractivity contribution in [1.82, 2.24) is 9.29 Å². The fourth-order valence-corrected chi connectivity index (χ4v) is 4.23. The Kier molecular flexibility index (Phi) is 4.40. The minimum Gasteiger partial charge on any atom is -0.476 e. The molecule has 112 valence electrons. The van der Waals surface area contributed by atoms with Crippen molar-refractivity contribution in [3.05, 3.63) is 46.6 Å². The highest BCUT2D eigenvalue weighted by molar-refractivity contribution is 7.91. The van der Waals surface area contributed by atoms with E-state index < -0.39 is 21.7 Å². The highest BCUT2D eigenvalue weighted by atomic mass is 32.2. The van der Waals surface area contributed by atoms with Crippen LogP contribution in [-0.2, 0) is 16.6 Å². The van der Waals surface area contributed by atoms with E-state index in [1.54, 1.807) is 0 Å². The van der Waals surface area contributed by atoms with Crippen LogP contribution in [0.3, 0.4) is 0 Å². The van der Waals surface area contributed by atoms with Crippen LogP contribution in [0.4, 0.5) is 0 Å². The van der Waals surface area contributed by atoms with Crippen LogP contribution in [0.15, 0.2) is 34.0 Å². The molecule has 0 spiro atoms. The largest absolute Gasteiger partial charge is 0.476 e. The minimum absolute atomic E-state index is 0.166. The van der Waals surface area contributed by atoms with Gasteiger partial charge >= 0.3 is 5.97 Å². The topological polar surface area (TPSA) is 87.6 Å². The quantitative estimate of drug-likeness (QED) is 0.907. The first kappa shape index (κ1) is 15.6. The molecule has 2 rings (SSSR count). The van der Waals surface area contributed by atoms with Crippen LogP contribution in [0, 0.1) is 6.92 Å². The highest BCUT2D eigenvalue weighted by Gasteiger charge is 2.29. The molecule has 0 saturated carbocycles. The van der Waals surface area contributed by atoms with Gasteiger partial charge in [-0.1, -0.05) is 29.8 Å². The highest BCUT2D eigenvalue weighted by Crippen LogP contribution is 2.24. The van der Waals surface area contributed by atoms with Gasteiger partial charge in [-0.05, 0) is 12.5 Å². The summed E-state index contributed by atoms with van der Waals surface area (Å²) < 4.78 is 25.7. The van der Waals surface area contributed by atoms with E-state index in [4.69, 9.17) is 5.11 Å². The lowest BCUT2D eigenvalue weighted by Gasteiger charge is -2.16. The lowest BCUT2D eigenvalue weighted by Crippen LogP contribution is -2.27. The summed E-state index contributed by atoms with van der Waals surface area (Å²) in [6, 6.07) is 7.47. The molecular formula is C13H14N2O4S2. The number of hydrogen-bond donors (Lipinski definition) is 1. The molecule has 0 bridgehead atoms. The van der Waals surface area contributed by atoms with E-state index in [9.17, 15) is 13.2 Å². The van der Waals surface area contributed by atoms with Crippen molar-refractivity contribution in [2.45, 2.75) is 17.7 Å². The molecule has 0 atom stereocenters. The number of nitrogens with zero attached hydrogens (tertiary/aromatic N) is 2. The zero-order valence-electron chi connectivity index (χ0n) is 11.5. The van der Waals surface area contributed by atoms with Gasteiger partial charge < -0.3 is 5.11 Å². The SMILES string of the molecule is Cc1ccc(CN(C)S(=O)(=O)c2scnc2C(=O)O)cc1. The first-order chi connectivity index (χ1) is 9.82. The predicted octanol–water partition coefficient (Wildman–Crippen LogP) is 1.97. The number of sulfonamides is 1. The monoisotopic (exact) mass is 326 g/mol. The van der Waals surface area contributed by atoms with Crippen LogP contribution >= 0.6 is 11.3 Å². The molecule has 0 aliphatic rings. The van der Waals surface area contributed by atoms with Gasteiger partial charge in [0.2, 0.25) is 0 Å². The third kappa shape index (κ3) is 3.29. The maximum atomic E-state index is 12.4. The van der Waals surface area contributed by atoms with Crippen molar-refractivity contribution >= 4 is 27.3 Å². The summed E-state index contributed by atoms with van der Waals surface area (Å²) in [5.74, 6) is -1.35. The molecule has 21 heavy (non-hydrogen) atoms. The summed E-state index contributed by atoms with van der Waals surface area (Å²) in [4.78, 5) is 14.6. The molecule has 1 heterocycles. The van der Waals surface area contributed by atoms with Crippen molar-refractivity contribution in [3.8, 4) is 0 Å². The van der Waals surface area contributed by atoms with Crippen molar-refractivity contribution < 1.29 is 18.3 Å². The summed E-state index contributed by atoms with van der Waals surface area (Å²) in [6.07, 6.45) is 0. The van der Waals surface area contributed by atoms with E-state index >= 15 is 0 Å². The van der Waals surface area contributed by atoms with Crippen molar-refractivity contribution in [3.63, 3.8) is 0 Å². The predicted molar refractivity (Wildman–Crippen MR) is 78.9 cm³/mol. The number of aromatic nitrogens is 1. The van der Waals surface area contributed by atoms with Gasteiger partial charge in [0, 0.05) is 13.6 Å². The summed E-state index contributed by atoms with van der Waals surface area (Å²) in [7, 11) is -2.45. The molecule has 0 fully saturated rings. The second kappa shape index (κ2) is 5.92. The van der Waals surface area contributed by atoms with Crippen LogP contribution in [-0.4, -0.2) is 35.8 Å². The second-order valence-electron chi connectivity index (χ2n) is 4.54. The standard InChI is InChI=1S/C13H14N2O4S2/c1-9-3-5-10(6-4-9)7-15(2)21(18,19)13-11(12(16)17)14-8-20-13/h3-6,8H,7H2,1-2H3,(H,16,17). The van der Waals surface area contributed by atoms with Crippen LogP contribution in [0.2, 0.25) is 0 Å². The van der Waals surface area contributed by atoms with Gasteiger partial charge in [0.15, 0.2) is 9.90 Å². The van der Waals surface area contributed by atoms with Crippen molar-refractivity contribution in [1.29, 1.82) is 0 Å². The number of carboxylic acids is 1. The summed E-state index contributed by atoms with van der Waals surface area (Å²) in [5.41, 5.74) is 2.69. The molecular weight excluding hydrogens is 312 g/mol. The van der Waals surface area contributed by atoms with Gasteiger partial charge in [-0.3, -0.25) is 0 Å². The van der Waals surface area contributed by atoms with Gasteiger partial charge in [0.25, 0.3) is 10.0 Å². The van der Waals surface area contributed by atoms with E-state index in [0.29, 0.717) is 0 Å². The maximum Gasteiger partial charge on any atom is 0.356 e.